The molecular formula is C9H14N2O2. The van der Waals surface area contributed by atoms with Gasteiger partial charge in [0.2, 0.25) is 0 Å². The van der Waals surface area contributed by atoms with Crippen LogP contribution >= 0.6 is 0 Å². The highest BCUT2D eigenvalue weighted by molar-refractivity contribution is 5.92. The molecule has 0 saturated heterocycles. The molecule has 0 aromatic carbocycles. The van der Waals surface area contributed by atoms with Crippen LogP contribution in [0.4, 0.5) is 0 Å². The summed E-state index contributed by atoms with van der Waals surface area (Å²) in [5, 5.41) is 6.70. The van der Waals surface area contributed by atoms with Crippen LogP contribution in [0.2, 0.25) is 0 Å². The van der Waals surface area contributed by atoms with Gasteiger partial charge in [0.15, 0.2) is 5.78 Å². The van der Waals surface area contributed by atoms with Crippen molar-refractivity contribution in [2.24, 2.45) is 0 Å². The topological polar surface area (TPSA) is 55.0 Å². The fourth-order valence-corrected chi connectivity index (χ4v) is 1.08. The number of ether oxygens (including phenoxy) is 1. The molecule has 1 N–H and O–H groups in total. The lowest BCUT2D eigenvalue weighted by Gasteiger charge is -1.95. The van der Waals surface area contributed by atoms with Crippen molar-refractivity contribution in [3.63, 3.8) is 0 Å². The number of rotatable bonds is 5. The van der Waals surface area contributed by atoms with Gasteiger partial charge in [0.1, 0.15) is 5.69 Å². The van der Waals surface area contributed by atoms with Crippen LogP contribution < -0.4 is 0 Å². The molecule has 0 aliphatic heterocycles. The van der Waals surface area contributed by atoms with Gasteiger partial charge in [0.25, 0.3) is 0 Å². The fraction of sp³-hybridized carbons (Fsp3) is 0.556. The summed E-state index contributed by atoms with van der Waals surface area (Å²) in [5.41, 5.74) is 1.50. The quantitative estimate of drug-likeness (QED) is 0.549. The molecule has 72 valence electrons. The fourth-order valence-electron chi connectivity index (χ4n) is 1.08. The van der Waals surface area contributed by atoms with Crippen molar-refractivity contribution in [2.75, 3.05) is 13.7 Å². The van der Waals surface area contributed by atoms with E-state index in [4.69, 9.17) is 4.74 Å². The molecule has 0 atom stereocenters. The minimum Gasteiger partial charge on any atom is -0.385 e. The number of H-pyrrole nitrogens is 1. The molecule has 1 rings (SSSR count). The molecule has 0 aliphatic carbocycles. The molecule has 0 unspecified atom stereocenters. The predicted molar refractivity (Wildman–Crippen MR) is 48.8 cm³/mol. The maximum atomic E-state index is 10.9. The average molecular weight is 182 g/mol. The molecule has 4 nitrogen and oxygen atoms in total. The van der Waals surface area contributed by atoms with Crippen LogP contribution in [0.1, 0.15) is 29.5 Å². The maximum Gasteiger partial charge on any atom is 0.179 e. The van der Waals surface area contributed by atoms with Gasteiger partial charge < -0.3 is 4.74 Å². The Kier molecular flexibility index (Phi) is 3.64. The second-order valence-corrected chi connectivity index (χ2v) is 2.93. The first-order chi connectivity index (χ1) is 6.24. The van der Waals surface area contributed by atoms with Gasteiger partial charge in [0.05, 0.1) is 0 Å². The smallest absolute Gasteiger partial charge is 0.179 e. The normalized spacial score (nSPS) is 10.3. The Balaban J connectivity index is 2.44. The number of hydrogen-bond acceptors (Lipinski definition) is 3. The van der Waals surface area contributed by atoms with Crippen LogP contribution in [0.5, 0.6) is 0 Å². The number of nitrogens with one attached hydrogen (secondary N) is 1. The van der Waals surface area contributed by atoms with Crippen LogP contribution in [-0.4, -0.2) is 29.7 Å². The van der Waals surface area contributed by atoms with Crippen molar-refractivity contribution in [3.8, 4) is 0 Å². The number of carbonyl (C=O) groups is 1. The summed E-state index contributed by atoms with van der Waals surface area (Å²) in [4.78, 5) is 10.9. The lowest BCUT2D eigenvalue weighted by molar-refractivity contribution is 0.101. The number of ketones is 1. The Morgan fingerprint density at radius 3 is 3.00 bits per heavy atom. The molecule has 4 heteroatoms. The molecule has 0 aliphatic rings. The summed E-state index contributed by atoms with van der Waals surface area (Å²) < 4.78 is 4.92. The van der Waals surface area contributed by atoms with Crippen molar-refractivity contribution in [1.82, 2.24) is 10.2 Å². The number of nitrogens with zero attached hydrogens (tertiary/aromatic N) is 1. The Hall–Kier alpha value is -1.16. The minimum atomic E-state index is -0.00533. The van der Waals surface area contributed by atoms with Crippen molar-refractivity contribution < 1.29 is 9.53 Å². The highest BCUT2D eigenvalue weighted by Crippen LogP contribution is 2.03. The SMILES string of the molecule is COCCCc1cc(C(C)=O)n[nH]1. The number of Topliss-reactive ketones (excluding diaryl/α,β-unsaturated/α-hetero) is 1. The molecule has 0 bridgehead atoms. The molecule has 0 amide bonds. The second-order valence-electron chi connectivity index (χ2n) is 2.93. The van der Waals surface area contributed by atoms with E-state index in [1.165, 1.54) is 6.92 Å². The summed E-state index contributed by atoms with van der Waals surface area (Å²) in [6, 6.07) is 1.79. The number of hydrogen-bond donors (Lipinski definition) is 1. The van der Waals surface area contributed by atoms with E-state index in [0.717, 1.165) is 25.1 Å². The van der Waals surface area contributed by atoms with E-state index >= 15 is 0 Å². The third-order valence-electron chi connectivity index (χ3n) is 1.79. The van der Waals surface area contributed by atoms with Gasteiger partial charge in [-0.05, 0) is 18.9 Å². The highest BCUT2D eigenvalue weighted by Gasteiger charge is 2.04. The number of carbonyl (C=O) groups excluding carboxylic acids is 1. The molecule has 1 aromatic rings. The van der Waals surface area contributed by atoms with Crippen LogP contribution in [0.15, 0.2) is 6.07 Å². The third-order valence-corrected chi connectivity index (χ3v) is 1.79. The lowest BCUT2D eigenvalue weighted by atomic mass is 10.2. The van der Waals surface area contributed by atoms with E-state index in [1.54, 1.807) is 13.2 Å². The van der Waals surface area contributed by atoms with Crippen molar-refractivity contribution in [2.45, 2.75) is 19.8 Å². The molecular weight excluding hydrogens is 168 g/mol. The first-order valence-electron chi connectivity index (χ1n) is 4.28. The average Bonchev–Trinajstić information content (AvgIpc) is 2.53. The summed E-state index contributed by atoms with van der Waals surface area (Å²) >= 11 is 0. The standard InChI is InChI=1S/C9H14N2O2/c1-7(12)9-6-8(10-11-9)4-3-5-13-2/h6H,3-5H2,1-2H3,(H,10,11). The zero-order valence-electron chi connectivity index (χ0n) is 7.96. The summed E-state index contributed by atoms with van der Waals surface area (Å²) in [5.74, 6) is -0.00533. The van der Waals surface area contributed by atoms with E-state index < -0.39 is 0 Å². The van der Waals surface area contributed by atoms with Crippen LogP contribution in [0.25, 0.3) is 0 Å². The zero-order valence-corrected chi connectivity index (χ0v) is 7.96. The van der Waals surface area contributed by atoms with Gasteiger partial charge in [-0.2, -0.15) is 5.10 Å². The molecule has 0 spiro atoms. The van der Waals surface area contributed by atoms with E-state index in [1.807, 2.05) is 0 Å². The maximum absolute atomic E-state index is 10.9. The van der Waals surface area contributed by atoms with E-state index in [0.29, 0.717) is 5.69 Å². The lowest BCUT2D eigenvalue weighted by Crippen LogP contribution is -1.92. The summed E-state index contributed by atoms with van der Waals surface area (Å²) in [7, 11) is 1.67. The molecule has 1 heterocycles. The Morgan fingerprint density at radius 2 is 2.46 bits per heavy atom. The number of aryl methyl sites for hydroxylation is 1. The van der Waals surface area contributed by atoms with Crippen LogP contribution in [-0.2, 0) is 11.2 Å². The van der Waals surface area contributed by atoms with Gasteiger partial charge in [-0.25, -0.2) is 0 Å². The first kappa shape index (κ1) is 9.92. The monoisotopic (exact) mass is 182 g/mol. The Labute approximate surface area is 77.3 Å². The Bertz CT molecular complexity index is 281. The predicted octanol–water partition coefficient (Wildman–Crippen LogP) is 1.19. The number of methoxy groups -OCH3 is 1. The second kappa shape index (κ2) is 4.77. The third kappa shape index (κ3) is 2.99. The number of aromatic nitrogens is 2. The largest absolute Gasteiger partial charge is 0.385 e. The van der Waals surface area contributed by atoms with E-state index in [-0.39, 0.29) is 5.78 Å². The highest BCUT2D eigenvalue weighted by atomic mass is 16.5. The van der Waals surface area contributed by atoms with Gasteiger partial charge in [-0.3, -0.25) is 9.89 Å². The van der Waals surface area contributed by atoms with Crippen molar-refractivity contribution >= 4 is 5.78 Å². The van der Waals surface area contributed by atoms with Gasteiger partial charge >= 0.3 is 0 Å². The van der Waals surface area contributed by atoms with E-state index in [9.17, 15) is 4.79 Å². The Morgan fingerprint density at radius 1 is 1.69 bits per heavy atom. The van der Waals surface area contributed by atoms with Crippen LogP contribution in [0, 0.1) is 0 Å². The van der Waals surface area contributed by atoms with Gasteiger partial charge in [0, 0.05) is 26.3 Å². The minimum absolute atomic E-state index is 0.00533. The molecule has 1 aromatic heterocycles. The molecule has 0 radical (unpaired) electrons. The summed E-state index contributed by atoms with van der Waals surface area (Å²) in [6.45, 7) is 2.24. The van der Waals surface area contributed by atoms with Crippen molar-refractivity contribution in [1.29, 1.82) is 0 Å². The van der Waals surface area contributed by atoms with Crippen LogP contribution in [0.3, 0.4) is 0 Å². The summed E-state index contributed by atoms with van der Waals surface area (Å²) in [6.07, 6.45) is 1.81. The molecule has 0 saturated carbocycles. The van der Waals surface area contributed by atoms with Gasteiger partial charge in [-0.1, -0.05) is 0 Å². The molecule has 13 heavy (non-hydrogen) atoms. The first-order valence-corrected chi connectivity index (χ1v) is 4.28. The van der Waals surface area contributed by atoms with Gasteiger partial charge in [-0.15, -0.1) is 0 Å². The molecule has 0 fully saturated rings. The van der Waals surface area contributed by atoms with E-state index in [2.05, 4.69) is 10.2 Å². The zero-order chi connectivity index (χ0) is 9.68. The number of aromatic amines is 1. The van der Waals surface area contributed by atoms with Crippen molar-refractivity contribution in [3.05, 3.63) is 17.5 Å².